The van der Waals surface area contributed by atoms with Crippen molar-refractivity contribution in [2.75, 3.05) is 33.8 Å². The van der Waals surface area contributed by atoms with Gasteiger partial charge < -0.3 is 24.3 Å². The van der Waals surface area contributed by atoms with Crippen LogP contribution in [-0.4, -0.2) is 48.9 Å². The molecule has 0 atom stereocenters. The van der Waals surface area contributed by atoms with E-state index in [1.165, 1.54) is 14.2 Å². The number of hydrogen-bond acceptors (Lipinski definition) is 7. The SMILES string of the molecule is COc1cc(OC)cc(C(=O)Nc2cc(-c3cn4nc(OC)ccc4n3)ccc2OC)c1. The maximum absolute atomic E-state index is 13.0. The predicted molar refractivity (Wildman–Crippen MR) is 119 cm³/mol. The third-order valence-electron chi connectivity index (χ3n) is 4.86. The van der Waals surface area contributed by atoms with Gasteiger partial charge in [-0.25, -0.2) is 9.50 Å². The van der Waals surface area contributed by atoms with Crippen molar-refractivity contribution in [1.29, 1.82) is 0 Å². The first-order valence-electron chi connectivity index (χ1n) is 9.68. The number of fused-ring (bicyclic) bond motifs is 1. The van der Waals surface area contributed by atoms with E-state index in [0.29, 0.717) is 45.7 Å². The number of nitrogens with one attached hydrogen (secondary N) is 1. The van der Waals surface area contributed by atoms with E-state index in [-0.39, 0.29) is 5.91 Å². The van der Waals surface area contributed by atoms with Crippen molar-refractivity contribution < 1.29 is 23.7 Å². The van der Waals surface area contributed by atoms with E-state index in [1.54, 1.807) is 61.3 Å². The lowest BCUT2D eigenvalue weighted by Crippen LogP contribution is -2.13. The second-order valence-electron chi connectivity index (χ2n) is 6.78. The number of imidazole rings is 1. The van der Waals surface area contributed by atoms with E-state index in [1.807, 2.05) is 12.1 Å². The van der Waals surface area contributed by atoms with Crippen molar-refractivity contribution in [3.05, 3.63) is 60.3 Å². The van der Waals surface area contributed by atoms with Crippen LogP contribution >= 0.6 is 0 Å². The van der Waals surface area contributed by atoms with E-state index >= 15 is 0 Å². The van der Waals surface area contributed by atoms with E-state index in [9.17, 15) is 4.79 Å². The molecule has 9 nitrogen and oxygen atoms in total. The fourth-order valence-corrected chi connectivity index (χ4v) is 3.21. The molecule has 1 N–H and O–H groups in total. The van der Waals surface area contributed by atoms with Crippen LogP contribution < -0.4 is 24.3 Å². The molecule has 9 heteroatoms. The average molecular weight is 434 g/mol. The lowest BCUT2D eigenvalue weighted by molar-refractivity contribution is 0.102. The summed E-state index contributed by atoms with van der Waals surface area (Å²) < 4.78 is 22.7. The van der Waals surface area contributed by atoms with Gasteiger partial charge >= 0.3 is 0 Å². The van der Waals surface area contributed by atoms with Gasteiger partial charge in [-0.3, -0.25) is 4.79 Å². The van der Waals surface area contributed by atoms with Crippen LogP contribution in [0.2, 0.25) is 0 Å². The molecule has 4 aromatic rings. The van der Waals surface area contributed by atoms with Gasteiger partial charge in [-0.15, -0.1) is 5.10 Å². The maximum atomic E-state index is 13.0. The summed E-state index contributed by atoms with van der Waals surface area (Å²) in [5, 5.41) is 7.23. The Morgan fingerprint density at radius 1 is 0.875 bits per heavy atom. The minimum Gasteiger partial charge on any atom is -0.497 e. The highest BCUT2D eigenvalue weighted by Gasteiger charge is 2.15. The van der Waals surface area contributed by atoms with Crippen molar-refractivity contribution >= 4 is 17.2 Å². The summed E-state index contributed by atoms with van der Waals surface area (Å²) in [7, 11) is 6.16. The van der Waals surface area contributed by atoms with Gasteiger partial charge in [0.15, 0.2) is 5.65 Å². The summed E-state index contributed by atoms with van der Waals surface area (Å²) in [5.74, 6) is 1.70. The lowest BCUT2D eigenvalue weighted by Gasteiger charge is -2.13. The first-order chi connectivity index (χ1) is 15.5. The molecule has 0 unspecified atom stereocenters. The van der Waals surface area contributed by atoms with Crippen LogP contribution in [0, 0.1) is 0 Å². The fourth-order valence-electron chi connectivity index (χ4n) is 3.21. The Labute approximate surface area is 184 Å². The van der Waals surface area contributed by atoms with Gasteiger partial charge in [0.25, 0.3) is 5.91 Å². The highest BCUT2D eigenvalue weighted by atomic mass is 16.5. The third-order valence-corrected chi connectivity index (χ3v) is 4.86. The van der Waals surface area contributed by atoms with Crippen LogP contribution in [0.4, 0.5) is 5.69 Å². The summed E-state index contributed by atoms with van der Waals surface area (Å²) in [6, 6.07) is 14.0. The minimum atomic E-state index is -0.334. The zero-order valence-corrected chi connectivity index (χ0v) is 18.1. The molecule has 1 amide bonds. The van der Waals surface area contributed by atoms with Crippen molar-refractivity contribution in [3.63, 3.8) is 0 Å². The zero-order chi connectivity index (χ0) is 22.7. The second kappa shape index (κ2) is 8.84. The Kier molecular flexibility index (Phi) is 5.80. The molecular formula is C23H22N4O5. The molecule has 0 fully saturated rings. The summed E-state index contributed by atoms with van der Waals surface area (Å²) in [6.45, 7) is 0. The normalized spacial score (nSPS) is 10.6. The quantitative estimate of drug-likeness (QED) is 0.474. The minimum absolute atomic E-state index is 0.334. The molecule has 0 aliphatic heterocycles. The van der Waals surface area contributed by atoms with Gasteiger partial charge in [0.05, 0.1) is 46.0 Å². The van der Waals surface area contributed by atoms with Crippen LogP contribution in [0.15, 0.2) is 54.7 Å². The first kappa shape index (κ1) is 21.0. The molecular weight excluding hydrogens is 412 g/mol. The summed E-state index contributed by atoms with van der Waals surface area (Å²) in [5.41, 5.74) is 3.03. The Bertz CT molecular complexity index is 1260. The molecule has 2 aromatic carbocycles. The summed E-state index contributed by atoms with van der Waals surface area (Å²) in [6.07, 6.45) is 1.79. The van der Waals surface area contributed by atoms with E-state index in [2.05, 4.69) is 15.4 Å². The number of benzene rings is 2. The molecule has 0 bridgehead atoms. The molecule has 0 aliphatic carbocycles. The van der Waals surface area contributed by atoms with Crippen LogP contribution in [0.5, 0.6) is 23.1 Å². The number of nitrogens with zero attached hydrogens (tertiary/aromatic N) is 3. The Hall–Kier alpha value is -4.27. The van der Waals surface area contributed by atoms with Gasteiger partial charge in [0, 0.05) is 23.3 Å². The molecule has 0 radical (unpaired) electrons. The number of methoxy groups -OCH3 is 4. The van der Waals surface area contributed by atoms with Gasteiger partial charge in [-0.1, -0.05) is 0 Å². The number of amides is 1. The van der Waals surface area contributed by atoms with Crippen LogP contribution in [0.3, 0.4) is 0 Å². The summed E-state index contributed by atoms with van der Waals surface area (Å²) in [4.78, 5) is 17.6. The Morgan fingerprint density at radius 3 is 2.28 bits per heavy atom. The highest BCUT2D eigenvalue weighted by molar-refractivity contribution is 6.05. The first-order valence-corrected chi connectivity index (χ1v) is 9.68. The molecule has 0 saturated carbocycles. The largest absolute Gasteiger partial charge is 0.497 e. The predicted octanol–water partition coefficient (Wildman–Crippen LogP) is 3.68. The monoisotopic (exact) mass is 434 g/mol. The molecule has 0 spiro atoms. The number of anilines is 1. The van der Waals surface area contributed by atoms with Crippen LogP contribution in [-0.2, 0) is 0 Å². The smallest absolute Gasteiger partial charge is 0.256 e. The highest BCUT2D eigenvalue weighted by Crippen LogP contribution is 2.31. The Morgan fingerprint density at radius 2 is 1.62 bits per heavy atom. The molecule has 2 aromatic heterocycles. The molecule has 0 saturated heterocycles. The zero-order valence-electron chi connectivity index (χ0n) is 18.1. The molecule has 2 heterocycles. The number of rotatable bonds is 7. The fraction of sp³-hybridized carbons (Fsp3) is 0.174. The average Bonchev–Trinajstić information content (AvgIpc) is 3.26. The number of carbonyl (C=O) groups is 1. The molecule has 164 valence electrons. The van der Waals surface area contributed by atoms with Gasteiger partial charge in [0.2, 0.25) is 5.88 Å². The molecule has 32 heavy (non-hydrogen) atoms. The maximum Gasteiger partial charge on any atom is 0.256 e. The Balaban J connectivity index is 1.68. The van der Waals surface area contributed by atoms with Gasteiger partial charge in [-0.2, -0.15) is 0 Å². The van der Waals surface area contributed by atoms with E-state index in [0.717, 1.165) is 5.56 Å². The van der Waals surface area contributed by atoms with Crippen molar-refractivity contribution in [3.8, 4) is 34.4 Å². The van der Waals surface area contributed by atoms with Crippen LogP contribution in [0.1, 0.15) is 10.4 Å². The standard InChI is InChI=1S/C23H22N4O5/c1-29-16-9-15(10-17(12-16)30-2)23(28)25-18-11-14(5-6-20(18)31-3)19-13-27-21(24-19)7-8-22(26-27)32-4/h5-13H,1-4H3,(H,25,28). The third kappa shape index (κ3) is 4.13. The van der Waals surface area contributed by atoms with Crippen molar-refractivity contribution in [2.24, 2.45) is 0 Å². The van der Waals surface area contributed by atoms with E-state index < -0.39 is 0 Å². The topological polar surface area (TPSA) is 96.2 Å². The number of carbonyl (C=O) groups excluding carboxylic acids is 1. The summed E-state index contributed by atoms with van der Waals surface area (Å²) >= 11 is 0. The van der Waals surface area contributed by atoms with Crippen molar-refractivity contribution in [2.45, 2.75) is 0 Å². The van der Waals surface area contributed by atoms with E-state index in [4.69, 9.17) is 18.9 Å². The lowest BCUT2D eigenvalue weighted by atomic mass is 10.1. The van der Waals surface area contributed by atoms with Gasteiger partial charge in [-0.05, 0) is 36.4 Å². The molecule has 0 aliphatic rings. The van der Waals surface area contributed by atoms with Crippen LogP contribution in [0.25, 0.3) is 16.9 Å². The second-order valence-corrected chi connectivity index (χ2v) is 6.78. The van der Waals surface area contributed by atoms with Crippen molar-refractivity contribution in [1.82, 2.24) is 14.6 Å². The number of hydrogen-bond donors (Lipinski definition) is 1. The number of ether oxygens (including phenoxy) is 4. The number of aromatic nitrogens is 3. The molecule has 4 rings (SSSR count). The van der Waals surface area contributed by atoms with Gasteiger partial charge in [0.1, 0.15) is 17.2 Å².